The maximum atomic E-state index is 9.28. The van der Waals surface area contributed by atoms with Gasteiger partial charge in [-0.25, -0.2) is 4.98 Å². The summed E-state index contributed by atoms with van der Waals surface area (Å²) in [5.74, 6) is 0.415. The number of nitrogens with zero attached hydrogens (tertiary/aromatic N) is 1. The molecule has 0 aromatic carbocycles. The van der Waals surface area contributed by atoms with E-state index in [1.807, 2.05) is 13.8 Å². The summed E-state index contributed by atoms with van der Waals surface area (Å²) in [7, 11) is 0. The van der Waals surface area contributed by atoms with Gasteiger partial charge in [0.05, 0.1) is 5.69 Å². The number of aromatic nitrogens is 1. The molecule has 0 spiro atoms. The molecule has 11 heavy (non-hydrogen) atoms. The first-order valence-electron chi connectivity index (χ1n) is 3.46. The summed E-state index contributed by atoms with van der Waals surface area (Å²) in [6.07, 6.45) is 0. The van der Waals surface area contributed by atoms with Crippen molar-refractivity contribution in [2.75, 3.05) is 0 Å². The Bertz CT molecular complexity index is 260. The van der Waals surface area contributed by atoms with E-state index in [0.29, 0.717) is 10.8 Å². The molecular formula is C8H10ClNO. The second kappa shape index (κ2) is 3.09. The van der Waals surface area contributed by atoms with E-state index in [1.165, 1.54) is 0 Å². The van der Waals surface area contributed by atoms with E-state index in [2.05, 4.69) is 4.98 Å². The van der Waals surface area contributed by atoms with E-state index in [9.17, 15) is 5.11 Å². The summed E-state index contributed by atoms with van der Waals surface area (Å²) in [5, 5.41) is 9.71. The Morgan fingerprint density at radius 1 is 1.45 bits per heavy atom. The second-order valence-corrected chi connectivity index (χ2v) is 3.08. The molecule has 2 nitrogen and oxygen atoms in total. The average molecular weight is 172 g/mol. The molecule has 0 unspecified atom stereocenters. The Kier molecular flexibility index (Phi) is 2.35. The third kappa shape index (κ3) is 1.84. The van der Waals surface area contributed by atoms with Crippen molar-refractivity contribution in [3.05, 3.63) is 23.0 Å². The van der Waals surface area contributed by atoms with Gasteiger partial charge in [-0.3, -0.25) is 0 Å². The normalized spacial score (nSPS) is 10.5. The number of hydrogen-bond donors (Lipinski definition) is 1. The smallest absolute Gasteiger partial charge is 0.137 e. The van der Waals surface area contributed by atoms with E-state index in [1.54, 1.807) is 12.1 Å². The van der Waals surface area contributed by atoms with E-state index < -0.39 is 0 Å². The summed E-state index contributed by atoms with van der Waals surface area (Å²) >= 11 is 5.64. The lowest BCUT2D eigenvalue weighted by molar-refractivity contribution is 0.460. The summed E-state index contributed by atoms with van der Waals surface area (Å²) in [6, 6.07) is 3.13. The third-order valence-corrected chi connectivity index (χ3v) is 1.63. The number of hydrogen-bond acceptors (Lipinski definition) is 2. The molecule has 3 heteroatoms. The lowest BCUT2D eigenvalue weighted by Crippen LogP contribution is -1.92. The summed E-state index contributed by atoms with van der Waals surface area (Å²) in [6.45, 7) is 3.91. The Hall–Kier alpha value is -0.760. The molecule has 0 saturated carbocycles. The van der Waals surface area contributed by atoms with Crippen molar-refractivity contribution < 1.29 is 5.11 Å². The summed E-state index contributed by atoms with van der Waals surface area (Å²) < 4.78 is 0. The average Bonchev–Trinajstić information content (AvgIpc) is 1.94. The van der Waals surface area contributed by atoms with Crippen molar-refractivity contribution in [2.24, 2.45) is 0 Å². The number of pyridine rings is 1. The zero-order chi connectivity index (χ0) is 8.43. The van der Waals surface area contributed by atoms with Crippen LogP contribution in [-0.4, -0.2) is 10.1 Å². The fourth-order valence-corrected chi connectivity index (χ4v) is 1.02. The van der Waals surface area contributed by atoms with Gasteiger partial charge < -0.3 is 5.11 Å². The molecule has 1 N–H and O–H groups in total. The van der Waals surface area contributed by atoms with Crippen LogP contribution in [0.3, 0.4) is 0 Å². The molecule has 0 saturated heterocycles. The van der Waals surface area contributed by atoms with Gasteiger partial charge in [-0.1, -0.05) is 25.4 Å². The van der Waals surface area contributed by atoms with Crippen LogP contribution < -0.4 is 0 Å². The molecule has 1 aromatic rings. The second-order valence-electron chi connectivity index (χ2n) is 2.69. The highest BCUT2D eigenvalue weighted by molar-refractivity contribution is 6.29. The maximum Gasteiger partial charge on any atom is 0.137 e. The maximum absolute atomic E-state index is 9.28. The van der Waals surface area contributed by atoms with Gasteiger partial charge in [-0.05, 0) is 18.1 Å². The Balaban J connectivity index is 3.13. The van der Waals surface area contributed by atoms with Gasteiger partial charge in [0.15, 0.2) is 0 Å². The van der Waals surface area contributed by atoms with Crippen LogP contribution in [0.15, 0.2) is 12.1 Å². The zero-order valence-corrected chi connectivity index (χ0v) is 7.26. The molecule has 0 radical (unpaired) electrons. The molecular weight excluding hydrogens is 162 g/mol. The number of rotatable bonds is 1. The van der Waals surface area contributed by atoms with E-state index >= 15 is 0 Å². The molecule has 0 aliphatic carbocycles. The lowest BCUT2D eigenvalue weighted by atomic mass is 10.1. The van der Waals surface area contributed by atoms with Crippen molar-refractivity contribution >= 4 is 11.6 Å². The van der Waals surface area contributed by atoms with Crippen LogP contribution in [0.1, 0.15) is 25.5 Å². The van der Waals surface area contributed by atoms with Gasteiger partial charge in [0.2, 0.25) is 0 Å². The van der Waals surface area contributed by atoms with E-state index in [4.69, 9.17) is 11.6 Å². The number of aromatic hydroxyl groups is 1. The highest BCUT2D eigenvalue weighted by Gasteiger charge is 2.06. The third-order valence-electron chi connectivity index (χ3n) is 1.42. The van der Waals surface area contributed by atoms with Crippen LogP contribution in [0.2, 0.25) is 5.15 Å². The molecule has 0 atom stereocenters. The van der Waals surface area contributed by atoms with Crippen LogP contribution in [0.4, 0.5) is 0 Å². The quantitative estimate of drug-likeness (QED) is 0.659. The van der Waals surface area contributed by atoms with Crippen molar-refractivity contribution in [2.45, 2.75) is 19.8 Å². The molecule has 0 fully saturated rings. The fraction of sp³-hybridized carbons (Fsp3) is 0.375. The predicted molar refractivity (Wildman–Crippen MR) is 45.0 cm³/mol. The van der Waals surface area contributed by atoms with Crippen LogP contribution in [-0.2, 0) is 0 Å². The SMILES string of the molecule is CC(C)c1nc(Cl)ccc1O. The predicted octanol–water partition coefficient (Wildman–Crippen LogP) is 2.56. The minimum atomic E-state index is 0.202. The largest absolute Gasteiger partial charge is 0.506 e. The molecule has 0 bridgehead atoms. The monoisotopic (exact) mass is 171 g/mol. The van der Waals surface area contributed by atoms with E-state index in [-0.39, 0.29) is 11.7 Å². The standard InChI is InChI=1S/C8H10ClNO/c1-5(2)8-6(11)3-4-7(9)10-8/h3-5,11H,1-2H3. The highest BCUT2D eigenvalue weighted by atomic mass is 35.5. The van der Waals surface area contributed by atoms with Gasteiger partial charge in [0.25, 0.3) is 0 Å². The van der Waals surface area contributed by atoms with Crippen LogP contribution >= 0.6 is 11.6 Å². The first-order chi connectivity index (χ1) is 5.11. The molecule has 1 rings (SSSR count). The van der Waals surface area contributed by atoms with Gasteiger partial charge in [0, 0.05) is 0 Å². The topological polar surface area (TPSA) is 33.1 Å². The van der Waals surface area contributed by atoms with Crippen LogP contribution in [0.5, 0.6) is 5.75 Å². The Morgan fingerprint density at radius 3 is 2.55 bits per heavy atom. The van der Waals surface area contributed by atoms with Crippen LogP contribution in [0, 0.1) is 0 Å². The summed E-state index contributed by atoms with van der Waals surface area (Å²) in [4.78, 5) is 3.99. The molecule has 60 valence electrons. The molecule has 1 aromatic heterocycles. The van der Waals surface area contributed by atoms with Crippen LogP contribution in [0.25, 0.3) is 0 Å². The van der Waals surface area contributed by atoms with Crippen molar-refractivity contribution in [1.82, 2.24) is 4.98 Å². The van der Waals surface area contributed by atoms with Gasteiger partial charge in [-0.2, -0.15) is 0 Å². The Morgan fingerprint density at radius 2 is 2.09 bits per heavy atom. The van der Waals surface area contributed by atoms with Crippen molar-refractivity contribution in [1.29, 1.82) is 0 Å². The minimum absolute atomic E-state index is 0.202. The van der Waals surface area contributed by atoms with Crippen molar-refractivity contribution in [3.8, 4) is 5.75 Å². The van der Waals surface area contributed by atoms with Crippen molar-refractivity contribution in [3.63, 3.8) is 0 Å². The lowest BCUT2D eigenvalue weighted by Gasteiger charge is -2.05. The van der Waals surface area contributed by atoms with E-state index in [0.717, 1.165) is 0 Å². The molecule has 0 aliphatic heterocycles. The van der Waals surface area contributed by atoms with Gasteiger partial charge >= 0.3 is 0 Å². The van der Waals surface area contributed by atoms with Gasteiger partial charge in [0.1, 0.15) is 10.9 Å². The highest BCUT2D eigenvalue weighted by Crippen LogP contribution is 2.24. The first-order valence-corrected chi connectivity index (χ1v) is 3.84. The number of halogens is 1. The molecule has 1 heterocycles. The zero-order valence-electron chi connectivity index (χ0n) is 6.50. The first kappa shape index (κ1) is 8.34. The van der Waals surface area contributed by atoms with Gasteiger partial charge in [-0.15, -0.1) is 0 Å². The fourth-order valence-electron chi connectivity index (χ4n) is 0.868. The summed E-state index contributed by atoms with van der Waals surface area (Å²) in [5.41, 5.74) is 0.650. The minimum Gasteiger partial charge on any atom is -0.506 e. The molecule has 0 aliphatic rings. The Labute approximate surface area is 70.8 Å². The molecule has 0 amide bonds.